The van der Waals surface area contributed by atoms with Crippen LogP contribution in [0.2, 0.25) is 5.02 Å². The van der Waals surface area contributed by atoms with Crippen molar-refractivity contribution < 1.29 is 31.1 Å². The molecular formula is C33H46BrClN2O2S. The molecule has 3 aromatic rings. The molecule has 0 unspecified atom stereocenters. The van der Waals surface area contributed by atoms with Crippen LogP contribution in [0.15, 0.2) is 54.2 Å². The summed E-state index contributed by atoms with van der Waals surface area (Å²) in [7, 11) is 0. The van der Waals surface area contributed by atoms with Crippen molar-refractivity contribution in [1.29, 1.82) is 0 Å². The average Bonchev–Trinajstić information content (AvgIpc) is 3.33. The number of carbonyl (C=O) groups excluding carboxylic acids is 1. The molecule has 4 nitrogen and oxygen atoms in total. The van der Waals surface area contributed by atoms with Gasteiger partial charge in [-0.05, 0) is 25.5 Å². The molecule has 220 valence electrons. The Kier molecular flexibility index (Phi) is 17.2. The van der Waals surface area contributed by atoms with Crippen LogP contribution in [0.4, 0.5) is 5.69 Å². The molecule has 0 aliphatic heterocycles. The van der Waals surface area contributed by atoms with E-state index in [1.807, 2.05) is 36.4 Å². The first kappa shape index (κ1) is 34.3. The molecular weight excluding hydrogens is 604 g/mol. The van der Waals surface area contributed by atoms with Crippen molar-refractivity contribution in [2.45, 2.75) is 104 Å². The van der Waals surface area contributed by atoms with Gasteiger partial charge < -0.3 is 27.0 Å². The average molecular weight is 650 g/mol. The second-order valence-electron chi connectivity index (χ2n) is 10.5. The van der Waals surface area contributed by atoms with E-state index in [4.69, 9.17) is 16.3 Å². The molecule has 2 aromatic carbocycles. The number of halogens is 2. The van der Waals surface area contributed by atoms with Crippen LogP contribution in [0.25, 0.3) is 0 Å². The topological polar surface area (TPSA) is 42.2 Å². The van der Waals surface area contributed by atoms with Crippen LogP contribution in [0.3, 0.4) is 0 Å². The molecule has 0 aliphatic carbocycles. The first-order valence-electron chi connectivity index (χ1n) is 14.8. The van der Waals surface area contributed by atoms with Crippen LogP contribution in [-0.2, 0) is 17.8 Å². The number of hydrogen-bond donors (Lipinski definition) is 1. The van der Waals surface area contributed by atoms with Gasteiger partial charge in [-0.2, -0.15) is 4.57 Å². The number of amides is 1. The Hall–Kier alpha value is -1.89. The zero-order chi connectivity index (χ0) is 27.7. The molecule has 40 heavy (non-hydrogen) atoms. The van der Waals surface area contributed by atoms with Crippen LogP contribution in [-0.4, -0.2) is 12.5 Å². The number of para-hydroxylation sites is 2. The Morgan fingerprint density at radius 3 is 2.15 bits per heavy atom. The Labute approximate surface area is 261 Å². The molecule has 1 N–H and O–H groups in total. The van der Waals surface area contributed by atoms with Gasteiger partial charge in [0.15, 0.2) is 12.7 Å². The summed E-state index contributed by atoms with van der Waals surface area (Å²) in [4.78, 5) is 14.3. The van der Waals surface area contributed by atoms with Crippen molar-refractivity contribution in [2.24, 2.45) is 0 Å². The number of hydrogen-bond acceptors (Lipinski definition) is 3. The smallest absolute Gasteiger partial charge is 0.228 e. The molecule has 1 heterocycles. The van der Waals surface area contributed by atoms with Crippen LogP contribution in [0.1, 0.15) is 100.0 Å². The van der Waals surface area contributed by atoms with Gasteiger partial charge in [-0.25, -0.2) is 0 Å². The van der Waals surface area contributed by atoms with Gasteiger partial charge in [0.25, 0.3) is 0 Å². The summed E-state index contributed by atoms with van der Waals surface area (Å²) in [5.41, 5.74) is 4.82. The van der Waals surface area contributed by atoms with E-state index in [1.54, 1.807) is 11.3 Å². The lowest BCUT2D eigenvalue weighted by molar-refractivity contribution is -0.683. The highest BCUT2D eigenvalue weighted by atomic mass is 79.9. The monoisotopic (exact) mass is 648 g/mol. The van der Waals surface area contributed by atoms with Gasteiger partial charge in [-0.3, -0.25) is 4.79 Å². The highest BCUT2D eigenvalue weighted by molar-refractivity contribution is 7.09. The van der Waals surface area contributed by atoms with Crippen molar-refractivity contribution in [1.82, 2.24) is 0 Å². The predicted molar refractivity (Wildman–Crippen MR) is 165 cm³/mol. The van der Waals surface area contributed by atoms with E-state index in [9.17, 15) is 4.79 Å². The molecule has 0 bridgehead atoms. The standard InChI is InChI=1S/C33H45ClN2O2S.BrH/c1-3-4-5-6-7-8-9-10-11-12-13-16-22-38-33-28(19-17-20-30(33)34)23-32(37)35-31-21-15-14-18-29(31)25-36-24-27(2)39-26-36;/h14-15,17-21,24,26H,3-13,16,22-23,25H2,1-2H3;1H. The van der Waals surface area contributed by atoms with Crippen LogP contribution in [0, 0.1) is 6.92 Å². The Balaban J connectivity index is 0.00000560. The first-order valence-corrected chi connectivity index (χ1v) is 16.0. The third kappa shape index (κ3) is 12.7. The number of unbranched alkanes of at least 4 members (excludes halogenated alkanes) is 11. The van der Waals surface area contributed by atoms with Gasteiger partial charge in [0.1, 0.15) is 5.75 Å². The number of carbonyl (C=O) groups is 1. The number of nitrogens with one attached hydrogen (secondary N) is 1. The van der Waals surface area contributed by atoms with Crippen molar-refractivity contribution >= 4 is 34.5 Å². The zero-order valence-electron chi connectivity index (χ0n) is 24.2. The first-order chi connectivity index (χ1) is 19.1. The van der Waals surface area contributed by atoms with E-state index in [0.29, 0.717) is 23.9 Å². The van der Waals surface area contributed by atoms with Crippen molar-refractivity contribution in [3.8, 4) is 5.75 Å². The van der Waals surface area contributed by atoms with E-state index in [1.165, 1.54) is 69.1 Å². The van der Waals surface area contributed by atoms with Gasteiger partial charge in [0.05, 0.1) is 28.6 Å². The molecule has 0 radical (unpaired) electrons. The molecule has 0 spiro atoms. The fourth-order valence-electron chi connectivity index (χ4n) is 4.84. The molecule has 3 rings (SSSR count). The second kappa shape index (κ2) is 20.1. The molecule has 0 saturated heterocycles. The van der Waals surface area contributed by atoms with Crippen LogP contribution < -0.4 is 31.6 Å². The highest BCUT2D eigenvalue weighted by Crippen LogP contribution is 2.30. The van der Waals surface area contributed by atoms with Gasteiger partial charge in [0, 0.05) is 11.1 Å². The molecule has 7 heteroatoms. The van der Waals surface area contributed by atoms with E-state index in [-0.39, 0.29) is 29.3 Å². The molecule has 0 saturated carbocycles. The summed E-state index contributed by atoms with van der Waals surface area (Å²) in [5.74, 6) is 0.557. The number of aromatic nitrogens is 1. The van der Waals surface area contributed by atoms with Crippen LogP contribution >= 0.6 is 22.9 Å². The van der Waals surface area contributed by atoms with E-state index in [0.717, 1.165) is 29.7 Å². The van der Waals surface area contributed by atoms with Crippen molar-refractivity contribution in [3.63, 3.8) is 0 Å². The highest BCUT2D eigenvalue weighted by Gasteiger charge is 2.15. The summed E-state index contributed by atoms with van der Waals surface area (Å²) in [6.07, 6.45) is 18.0. The van der Waals surface area contributed by atoms with E-state index >= 15 is 0 Å². The summed E-state index contributed by atoms with van der Waals surface area (Å²) >= 11 is 8.20. The fraction of sp³-hybridized carbons (Fsp3) is 0.515. The number of thiazole rings is 1. The number of anilines is 1. The number of rotatable bonds is 19. The molecule has 0 aliphatic rings. The lowest BCUT2D eigenvalue weighted by Crippen LogP contribution is -3.00. The lowest BCUT2D eigenvalue weighted by Gasteiger charge is -2.14. The Bertz CT molecular complexity index is 1140. The third-order valence-corrected chi connectivity index (χ3v) is 8.16. The van der Waals surface area contributed by atoms with Gasteiger partial charge >= 0.3 is 0 Å². The molecule has 0 fully saturated rings. The number of ether oxygens (including phenoxy) is 1. The third-order valence-electron chi connectivity index (χ3n) is 7.01. The maximum absolute atomic E-state index is 13.0. The summed E-state index contributed by atoms with van der Waals surface area (Å²) < 4.78 is 8.24. The second-order valence-corrected chi connectivity index (χ2v) is 12.0. The van der Waals surface area contributed by atoms with Crippen molar-refractivity contribution in [2.75, 3.05) is 11.9 Å². The largest absolute Gasteiger partial charge is 1.00 e. The lowest BCUT2D eigenvalue weighted by atomic mass is 10.1. The number of benzene rings is 2. The van der Waals surface area contributed by atoms with Gasteiger partial charge in [-0.1, -0.05) is 131 Å². The Morgan fingerprint density at radius 2 is 1.50 bits per heavy atom. The maximum Gasteiger partial charge on any atom is 0.228 e. The molecule has 1 aromatic heterocycles. The van der Waals surface area contributed by atoms with Gasteiger partial charge in [0.2, 0.25) is 11.4 Å². The number of aryl methyl sites for hydroxylation is 1. The minimum Gasteiger partial charge on any atom is -1.00 e. The number of nitrogens with zero attached hydrogens (tertiary/aromatic N) is 1. The summed E-state index contributed by atoms with van der Waals surface area (Å²) in [5, 5.41) is 3.66. The molecule has 0 atom stereocenters. The Morgan fingerprint density at radius 1 is 0.875 bits per heavy atom. The summed E-state index contributed by atoms with van der Waals surface area (Å²) in [6.45, 7) is 5.70. The van der Waals surface area contributed by atoms with Crippen molar-refractivity contribution in [3.05, 3.63) is 75.2 Å². The zero-order valence-corrected chi connectivity index (χ0v) is 27.4. The van der Waals surface area contributed by atoms with E-state index in [2.05, 4.69) is 41.5 Å². The molecule has 1 amide bonds. The predicted octanol–water partition coefficient (Wildman–Crippen LogP) is 6.31. The minimum absolute atomic E-state index is 0. The van der Waals surface area contributed by atoms with E-state index < -0.39 is 0 Å². The quantitative estimate of drug-likeness (QED) is 0.122. The normalized spacial score (nSPS) is 10.8. The summed E-state index contributed by atoms with van der Waals surface area (Å²) in [6, 6.07) is 13.6. The van der Waals surface area contributed by atoms with Crippen LogP contribution in [0.5, 0.6) is 5.75 Å². The maximum atomic E-state index is 13.0. The SMILES string of the molecule is CCCCCCCCCCCCCCOc1c(Cl)cccc1CC(=O)Nc1ccccc1C[n+]1csc(C)c1.[Br-]. The fourth-order valence-corrected chi connectivity index (χ4v) is 5.73. The minimum atomic E-state index is -0.0774. The van der Waals surface area contributed by atoms with Gasteiger partial charge in [-0.15, -0.1) is 0 Å².